The monoisotopic (exact) mass is 282 g/mol. The third-order valence-electron chi connectivity index (χ3n) is 2.25. The van der Waals surface area contributed by atoms with Gasteiger partial charge >= 0.3 is 5.97 Å². The van der Waals surface area contributed by atoms with Crippen LogP contribution in [0.2, 0.25) is 0 Å². The molecule has 2 heterocycles. The zero-order valence-electron chi connectivity index (χ0n) is 10.4. The fraction of sp³-hybridized carbons (Fsp3) is 0.500. The van der Waals surface area contributed by atoms with Crippen molar-refractivity contribution in [3.05, 3.63) is 17.7 Å². The Morgan fingerprint density at radius 3 is 3.16 bits per heavy atom. The minimum atomic E-state index is -0.947. The topological polar surface area (TPSA) is 106 Å². The Morgan fingerprint density at radius 1 is 1.58 bits per heavy atom. The fourth-order valence-corrected chi connectivity index (χ4v) is 2.06. The van der Waals surface area contributed by atoms with Crippen molar-refractivity contribution in [3.63, 3.8) is 0 Å². The van der Waals surface area contributed by atoms with E-state index in [0.717, 1.165) is 23.8 Å². The van der Waals surface area contributed by atoms with Crippen molar-refractivity contribution < 1.29 is 9.90 Å². The molecule has 2 N–H and O–H groups in total. The lowest BCUT2D eigenvalue weighted by molar-refractivity contribution is -0.137. The molecule has 9 heteroatoms. The first kappa shape index (κ1) is 13.4. The summed E-state index contributed by atoms with van der Waals surface area (Å²) in [6.07, 6.45) is 3.47. The van der Waals surface area contributed by atoms with Crippen molar-refractivity contribution in [2.45, 2.75) is 32.9 Å². The summed E-state index contributed by atoms with van der Waals surface area (Å²) >= 11 is 1.30. The van der Waals surface area contributed by atoms with E-state index in [4.69, 9.17) is 5.11 Å². The maximum atomic E-state index is 10.5. The number of rotatable bonds is 7. The highest BCUT2D eigenvalue weighted by Gasteiger charge is 2.06. The molecule has 0 saturated carbocycles. The Hall–Kier alpha value is -2.03. The van der Waals surface area contributed by atoms with Crippen LogP contribution in [0.3, 0.4) is 0 Å². The number of carbonyl (C=O) groups is 1. The number of anilines is 1. The lowest BCUT2D eigenvalue weighted by atomic mass is 10.3. The molecule has 0 saturated heterocycles. The number of aryl methyl sites for hydroxylation is 1. The highest BCUT2D eigenvalue weighted by Crippen LogP contribution is 2.12. The normalized spacial score (nSPS) is 10.6. The predicted molar refractivity (Wildman–Crippen MR) is 68.9 cm³/mol. The molecule has 0 atom stereocenters. The summed E-state index contributed by atoms with van der Waals surface area (Å²) in [7, 11) is 0. The van der Waals surface area contributed by atoms with Crippen molar-refractivity contribution >= 4 is 22.6 Å². The van der Waals surface area contributed by atoms with Gasteiger partial charge in [-0.25, -0.2) is 9.67 Å². The van der Waals surface area contributed by atoms with Crippen LogP contribution in [0, 0.1) is 0 Å². The summed E-state index contributed by atoms with van der Waals surface area (Å²) in [5.41, 5.74) is 0.661. The number of nitrogens with one attached hydrogen (secondary N) is 1. The second-order valence-corrected chi connectivity index (χ2v) is 4.67. The van der Waals surface area contributed by atoms with Gasteiger partial charge < -0.3 is 10.4 Å². The zero-order chi connectivity index (χ0) is 13.7. The number of carboxylic acids is 1. The van der Waals surface area contributed by atoms with Gasteiger partial charge in [-0.15, -0.1) is 5.10 Å². The molecule has 19 heavy (non-hydrogen) atoms. The number of hydrogen-bond acceptors (Lipinski definition) is 7. The molecule has 0 fully saturated rings. The maximum absolute atomic E-state index is 10.5. The molecule has 0 aliphatic carbocycles. The summed E-state index contributed by atoms with van der Waals surface area (Å²) in [6.45, 7) is 2.34. The van der Waals surface area contributed by atoms with Gasteiger partial charge in [-0.2, -0.15) is 4.37 Å². The van der Waals surface area contributed by atoms with Crippen molar-refractivity contribution in [2.24, 2.45) is 0 Å². The molecule has 0 unspecified atom stereocenters. The molecular weight excluding hydrogens is 268 g/mol. The van der Waals surface area contributed by atoms with Gasteiger partial charge in [0.2, 0.25) is 5.13 Å². The molecule has 2 aromatic rings. The summed E-state index contributed by atoms with van der Waals surface area (Å²) in [4.78, 5) is 14.8. The van der Waals surface area contributed by atoms with Crippen molar-refractivity contribution in [3.8, 4) is 0 Å². The molecular formula is C10H14N6O2S. The maximum Gasteiger partial charge on any atom is 0.325 e. The molecule has 0 aromatic carbocycles. The third kappa shape index (κ3) is 3.98. The van der Waals surface area contributed by atoms with Crippen LogP contribution in [0.5, 0.6) is 0 Å². The van der Waals surface area contributed by atoms with E-state index in [-0.39, 0.29) is 6.54 Å². The van der Waals surface area contributed by atoms with E-state index in [9.17, 15) is 4.79 Å². The van der Waals surface area contributed by atoms with Crippen molar-refractivity contribution in [2.75, 3.05) is 5.32 Å². The van der Waals surface area contributed by atoms with Crippen LogP contribution >= 0.6 is 11.5 Å². The van der Waals surface area contributed by atoms with Crippen LogP contribution in [0.1, 0.15) is 24.9 Å². The molecule has 0 radical (unpaired) electrons. The third-order valence-corrected chi connectivity index (χ3v) is 2.96. The van der Waals surface area contributed by atoms with E-state index in [1.807, 2.05) is 0 Å². The van der Waals surface area contributed by atoms with Gasteiger partial charge in [0.25, 0.3) is 0 Å². The SMILES string of the molecule is CCCc1nsc(NCc2cn(CC(=O)O)nn2)n1. The zero-order valence-corrected chi connectivity index (χ0v) is 11.2. The van der Waals surface area contributed by atoms with Crippen molar-refractivity contribution in [1.82, 2.24) is 24.4 Å². The number of aromatic nitrogens is 5. The smallest absolute Gasteiger partial charge is 0.325 e. The average Bonchev–Trinajstić information content (AvgIpc) is 2.96. The Bertz CT molecular complexity index is 552. The van der Waals surface area contributed by atoms with E-state index in [2.05, 4.69) is 31.9 Å². The summed E-state index contributed by atoms with van der Waals surface area (Å²) < 4.78 is 5.49. The van der Waals surface area contributed by atoms with Gasteiger partial charge in [0.05, 0.1) is 12.7 Å². The van der Waals surface area contributed by atoms with Crippen LogP contribution in [-0.2, 0) is 24.3 Å². The number of hydrogen-bond donors (Lipinski definition) is 2. The predicted octanol–water partition coefficient (Wildman–Crippen LogP) is 0.779. The first-order chi connectivity index (χ1) is 9.17. The first-order valence-corrected chi connectivity index (χ1v) is 6.62. The molecule has 8 nitrogen and oxygen atoms in total. The Balaban J connectivity index is 1.87. The highest BCUT2D eigenvalue weighted by molar-refractivity contribution is 7.09. The Kier molecular flexibility index (Phi) is 4.39. The number of nitrogens with zero attached hydrogens (tertiary/aromatic N) is 5. The van der Waals surface area contributed by atoms with E-state index < -0.39 is 5.97 Å². The second kappa shape index (κ2) is 6.23. The number of aliphatic carboxylic acids is 1. The lowest BCUT2D eigenvalue weighted by Gasteiger charge is -1.96. The lowest BCUT2D eigenvalue weighted by Crippen LogP contribution is -2.09. The van der Waals surface area contributed by atoms with E-state index in [0.29, 0.717) is 12.2 Å². The largest absolute Gasteiger partial charge is 0.480 e. The fourth-order valence-electron chi connectivity index (χ4n) is 1.45. The van der Waals surface area contributed by atoms with Gasteiger partial charge in [-0.05, 0) is 6.42 Å². The molecule has 0 amide bonds. The van der Waals surface area contributed by atoms with E-state index in [1.165, 1.54) is 16.2 Å². The minimum absolute atomic E-state index is 0.188. The number of carboxylic acid groups (broad SMARTS) is 1. The molecule has 0 aliphatic heterocycles. The van der Waals surface area contributed by atoms with E-state index >= 15 is 0 Å². The van der Waals surface area contributed by atoms with Crippen LogP contribution in [0.4, 0.5) is 5.13 Å². The Labute approximate surface area is 113 Å². The van der Waals surface area contributed by atoms with Crippen LogP contribution in [-0.4, -0.2) is 35.4 Å². The van der Waals surface area contributed by atoms with Crippen molar-refractivity contribution in [1.29, 1.82) is 0 Å². The van der Waals surface area contributed by atoms with Gasteiger partial charge in [0, 0.05) is 18.0 Å². The quantitative estimate of drug-likeness (QED) is 0.772. The van der Waals surface area contributed by atoms with Crippen LogP contribution in [0.25, 0.3) is 0 Å². The minimum Gasteiger partial charge on any atom is -0.480 e. The standard InChI is InChI=1S/C10H14N6O2S/c1-2-3-8-12-10(19-14-8)11-4-7-5-16(15-13-7)6-9(17)18/h5H,2-4,6H2,1H3,(H,17,18)(H,11,12,14). The van der Waals surface area contributed by atoms with Gasteiger partial charge in [-0.1, -0.05) is 12.1 Å². The van der Waals surface area contributed by atoms with Crippen LogP contribution < -0.4 is 5.32 Å². The molecule has 2 rings (SSSR count). The van der Waals surface area contributed by atoms with Gasteiger partial charge in [-0.3, -0.25) is 4.79 Å². The summed E-state index contributed by atoms with van der Waals surface area (Å²) in [5.74, 6) is -0.109. The molecule has 0 aliphatic rings. The second-order valence-electron chi connectivity index (χ2n) is 3.92. The first-order valence-electron chi connectivity index (χ1n) is 5.84. The summed E-state index contributed by atoms with van der Waals surface area (Å²) in [5, 5.41) is 20.0. The summed E-state index contributed by atoms with van der Waals surface area (Å²) in [6, 6.07) is 0. The average molecular weight is 282 g/mol. The molecule has 0 bridgehead atoms. The molecule has 0 spiro atoms. The van der Waals surface area contributed by atoms with Gasteiger partial charge in [0.1, 0.15) is 18.1 Å². The molecule has 102 valence electrons. The Morgan fingerprint density at radius 2 is 2.42 bits per heavy atom. The molecule has 2 aromatic heterocycles. The van der Waals surface area contributed by atoms with E-state index in [1.54, 1.807) is 6.20 Å². The van der Waals surface area contributed by atoms with Gasteiger partial charge in [0.15, 0.2) is 0 Å². The van der Waals surface area contributed by atoms with Crippen LogP contribution in [0.15, 0.2) is 6.20 Å². The highest BCUT2D eigenvalue weighted by atomic mass is 32.1.